The van der Waals surface area contributed by atoms with Crippen LogP contribution < -0.4 is 10.2 Å². The monoisotopic (exact) mass is 530 g/mol. The van der Waals surface area contributed by atoms with Crippen LogP contribution in [0, 0.1) is 6.92 Å². The number of imide groups is 1. The lowest BCUT2D eigenvalue weighted by atomic mass is 10.2. The van der Waals surface area contributed by atoms with Crippen molar-refractivity contribution in [2.24, 2.45) is 0 Å². The van der Waals surface area contributed by atoms with Crippen LogP contribution in [0.3, 0.4) is 0 Å². The molecule has 38 heavy (non-hydrogen) atoms. The fraction of sp³-hybridized carbons (Fsp3) is 0.172. The molecule has 2 amide bonds. The first-order valence-electron chi connectivity index (χ1n) is 12.0. The van der Waals surface area contributed by atoms with Gasteiger partial charge in [0, 0.05) is 10.6 Å². The van der Waals surface area contributed by atoms with Crippen molar-refractivity contribution >= 4 is 46.9 Å². The first-order valence-corrected chi connectivity index (χ1v) is 12.8. The second-order valence-electron chi connectivity index (χ2n) is 8.61. The Kier molecular flexibility index (Phi) is 8.28. The molecule has 0 radical (unpaired) electrons. The maximum Gasteiger partial charge on any atom is 0.338 e. The minimum Gasteiger partial charge on any atom is -0.478 e. The predicted octanol–water partition coefficient (Wildman–Crippen LogP) is 5.64. The number of carbonyl (C=O) groups excluding carboxylic acids is 3. The van der Waals surface area contributed by atoms with Gasteiger partial charge in [-0.1, -0.05) is 42.8 Å². The zero-order valence-electron chi connectivity index (χ0n) is 20.9. The van der Waals surface area contributed by atoms with E-state index in [2.05, 4.69) is 5.32 Å². The van der Waals surface area contributed by atoms with E-state index in [1.54, 1.807) is 0 Å². The molecule has 0 saturated heterocycles. The fourth-order valence-corrected chi connectivity index (χ4v) is 4.58. The highest BCUT2D eigenvalue weighted by atomic mass is 32.2. The number of thioether (sulfide) groups is 1. The Morgan fingerprint density at radius 2 is 1.53 bits per heavy atom. The van der Waals surface area contributed by atoms with E-state index in [0.717, 1.165) is 40.0 Å². The molecule has 0 bridgehead atoms. The number of nitrogens with zero attached hydrogens (tertiary/aromatic N) is 1. The lowest BCUT2D eigenvalue weighted by Gasteiger charge is -2.16. The van der Waals surface area contributed by atoms with Gasteiger partial charge in [-0.3, -0.25) is 9.59 Å². The SMILES string of the molecule is CCCCOC(=O)c1ccc(N2C(=O)C(Nc3ccc(C(=O)O)cc3)=C(Sc3ccc(C)cc3)C2=O)cc1. The Bertz CT molecular complexity index is 1400. The molecule has 0 saturated carbocycles. The molecule has 0 aliphatic carbocycles. The quantitative estimate of drug-likeness (QED) is 0.197. The predicted molar refractivity (Wildman–Crippen MR) is 145 cm³/mol. The van der Waals surface area contributed by atoms with E-state index < -0.39 is 23.8 Å². The second-order valence-corrected chi connectivity index (χ2v) is 9.69. The summed E-state index contributed by atoms with van der Waals surface area (Å²) in [4.78, 5) is 52.5. The minimum atomic E-state index is -1.07. The van der Waals surface area contributed by atoms with Crippen molar-refractivity contribution in [2.45, 2.75) is 31.6 Å². The van der Waals surface area contributed by atoms with Gasteiger partial charge in [0.05, 0.1) is 23.4 Å². The van der Waals surface area contributed by atoms with Crippen molar-refractivity contribution in [3.05, 3.63) is 100 Å². The third-order valence-electron chi connectivity index (χ3n) is 5.78. The number of carboxylic acid groups (broad SMARTS) is 1. The molecule has 0 spiro atoms. The summed E-state index contributed by atoms with van der Waals surface area (Å²) in [6.07, 6.45) is 1.67. The first kappa shape index (κ1) is 26.7. The van der Waals surface area contributed by atoms with Crippen molar-refractivity contribution < 1.29 is 29.0 Å². The number of aryl methyl sites for hydroxylation is 1. The number of unbranched alkanes of at least 4 members (excludes halogenated alkanes) is 1. The smallest absolute Gasteiger partial charge is 0.338 e. The lowest BCUT2D eigenvalue weighted by molar-refractivity contribution is -0.120. The third kappa shape index (κ3) is 5.95. The van der Waals surface area contributed by atoms with Gasteiger partial charge in [0.15, 0.2) is 0 Å². The Morgan fingerprint density at radius 3 is 2.13 bits per heavy atom. The highest BCUT2D eigenvalue weighted by molar-refractivity contribution is 8.04. The summed E-state index contributed by atoms with van der Waals surface area (Å²) in [5, 5.41) is 12.2. The molecule has 2 N–H and O–H groups in total. The van der Waals surface area contributed by atoms with Crippen molar-refractivity contribution in [1.29, 1.82) is 0 Å². The molecule has 194 valence electrons. The number of esters is 1. The summed E-state index contributed by atoms with van der Waals surface area (Å²) >= 11 is 1.16. The number of carboxylic acids is 1. The average Bonchev–Trinajstić information content (AvgIpc) is 3.14. The van der Waals surface area contributed by atoms with E-state index in [4.69, 9.17) is 9.84 Å². The third-order valence-corrected chi connectivity index (χ3v) is 6.87. The number of anilines is 2. The molecule has 8 nitrogen and oxygen atoms in total. The van der Waals surface area contributed by atoms with Crippen molar-refractivity contribution in [1.82, 2.24) is 0 Å². The Balaban J connectivity index is 1.62. The lowest BCUT2D eigenvalue weighted by Crippen LogP contribution is -2.32. The standard InChI is InChI=1S/C29H26N2O6S/c1-3-4-17-37-29(36)20-9-13-22(14-10-20)31-26(32)24(30-21-11-7-19(8-12-21)28(34)35)25(27(31)33)38-23-15-5-18(2)6-16-23/h5-16,30H,3-4,17H2,1-2H3,(H,34,35). The Hall–Kier alpha value is -4.37. The minimum absolute atomic E-state index is 0.0756. The van der Waals surface area contributed by atoms with Gasteiger partial charge in [0.1, 0.15) is 10.6 Å². The molecule has 0 atom stereocenters. The topological polar surface area (TPSA) is 113 Å². The van der Waals surface area contributed by atoms with Crippen LogP contribution in [0.5, 0.6) is 0 Å². The summed E-state index contributed by atoms with van der Waals surface area (Å²) < 4.78 is 5.23. The molecule has 9 heteroatoms. The summed E-state index contributed by atoms with van der Waals surface area (Å²) in [7, 11) is 0. The van der Waals surface area contributed by atoms with E-state index in [1.165, 1.54) is 48.5 Å². The van der Waals surface area contributed by atoms with E-state index in [-0.39, 0.29) is 16.2 Å². The number of rotatable bonds is 10. The Labute approximate surface area is 224 Å². The molecule has 0 unspecified atom stereocenters. The van der Waals surface area contributed by atoms with Gasteiger partial charge in [-0.05, 0) is 74.0 Å². The van der Waals surface area contributed by atoms with Crippen LogP contribution in [0.2, 0.25) is 0 Å². The molecule has 4 rings (SSSR count). The van der Waals surface area contributed by atoms with Gasteiger partial charge in [-0.25, -0.2) is 14.5 Å². The number of benzene rings is 3. The largest absolute Gasteiger partial charge is 0.478 e. The van der Waals surface area contributed by atoms with E-state index in [0.29, 0.717) is 23.5 Å². The number of hydrogen-bond donors (Lipinski definition) is 2. The van der Waals surface area contributed by atoms with Crippen molar-refractivity contribution in [3.63, 3.8) is 0 Å². The molecule has 0 aromatic heterocycles. The number of hydrogen-bond acceptors (Lipinski definition) is 7. The number of nitrogens with one attached hydrogen (secondary N) is 1. The number of carbonyl (C=O) groups is 4. The van der Waals surface area contributed by atoms with Gasteiger partial charge in [-0.15, -0.1) is 0 Å². The molecular weight excluding hydrogens is 504 g/mol. The van der Waals surface area contributed by atoms with E-state index in [9.17, 15) is 19.2 Å². The van der Waals surface area contributed by atoms with Gasteiger partial charge in [0.25, 0.3) is 11.8 Å². The summed E-state index contributed by atoms with van der Waals surface area (Å²) in [5.41, 5.74) is 2.33. The summed E-state index contributed by atoms with van der Waals surface area (Å²) in [6, 6.07) is 19.6. The average molecular weight is 531 g/mol. The molecule has 0 fully saturated rings. The molecule has 1 heterocycles. The van der Waals surface area contributed by atoms with E-state index in [1.807, 2.05) is 38.1 Å². The highest BCUT2D eigenvalue weighted by Gasteiger charge is 2.40. The molecule has 3 aromatic carbocycles. The number of amides is 2. The van der Waals surface area contributed by atoms with Crippen LogP contribution >= 0.6 is 11.8 Å². The number of ether oxygens (including phenoxy) is 1. The fourth-order valence-electron chi connectivity index (χ4n) is 3.65. The maximum atomic E-state index is 13.5. The van der Waals surface area contributed by atoms with Crippen LogP contribution in [0.25, 0.3) is 0 Å². The van der Waals surface area contributed by atoms with Gasteiger partial charge < -0.3 is 15.2 Å². The van der Waals surface area contributed by atoms with Gasteiger partial charge >= 0.3 is 11.9 Å². The molecule has 1 aliphatic rings. The highest BCUT2D eigenvalue weighted by Crippen LogP contribution is 2.38. The summed E-state index contributed by atoms with van der Waals surface area (Å²) in [6.45, 7) is 4.28. The molecular formula is C29H26N2O6S. The van der Waals surface area contributed by atoms with Crippen LogP contribution in [-0.4, -0.2) is 35.5 Å². The van der Waals surface area contributed by atoms with Crippen LogP contribution in [-0.2, 0) is 14.3 Å². The van der Waals surface area contributed by atoms with Gasteiger partial charge in [0.2, 0.25) is 0 Å². The first-order chi connectivity index (χ1) is 18.3. The second kappa shape index (κ2) is 11.8. The zero-order chi connectivity index (χ0) is 27.2. The zero-order valence-corrected chi connectivity index (χ0v) is 21.7. The van der Waals surface area contributed by atoms with Crippen molar-refractivity contribution in [3.8, 4) is 0 Å². The van der Waals surface area contributed by atoms with Crippen LogP contribution in [0.15, 0.2) is 88.3 Å². The van der Waals surface area contributed by atoms with Crippen molar-refractivity contribution in [2.75, 3.05) is 16.8 Å². The molecule has 1 aliphatic heterocycles. The summed E-state index contributed by atoms with van der Waals surface area (Å²) in [5.74, 6) is -2.61. The van der Waals surface area contributed by atoms with Crippen LogP contribution in [0.4, 0.5) is 11.4 Å². The Morgan fingerprint density at radius 1 is 0.895 bits per heavy atom. The number of aromatic carboxylic acids is 1. The van der Waals surface area contributed by atoms with Gasteiger partial charge in [-0.2, -0.15) is 0 Å². The van der Waals surface area contributed by atoms with E-state index >= 15 is 0 Å². The molecule has 3 aromatic rings. The van der Waals surface area contributed by atoms with Crippen LogP contribution in [0.1, 0.15) is 46.0 Å². The normalized spacial score (nSPS) is 13.2. The maximum absolute atomic E-state index is 13.5.